The Morgan fingerprint density at radius 1 is 0.419 bits per heavy atom. The Morgan fingerprint density at radius 3 is 1.03 bits per heavy atom. The van der Waals surface area contributed by atoms with E-state index in [0.717, 1.165) is 66.3 Å². The Balaban J connectivity index is 1.39. The zero-order valence-electron chi connectivity index (χ0n) is 60.7. The number of hydrogen-bond acceptors (Lipinski definition) is 8. The standard InChI is InChI=1S/C83H138N2O8/c1-7-10-13-16-19-22-25-28-31-34-37-40-43-46-49-56-63-90-76-66-71(69-93-82(87)79(70(4)5)84-78(86)68-85(83(88)89-6)80-74-61-54-52-59-72(74)73-60-53-55-62-75(73)80)67-77(91-64-57-50-47-44-41-38-35-32-29-26-23-20-17-14-11-8-2)81(76)92-65-58-51-48-45-42-39-36-33-30-27-24-21-18-15-12-9-3/h52-55,59-62,66-67,70,79-80H,7-51,56-58,63-65,68-69H2,1-6H3,(H,84,86). The lowest BCUT2D eigenvalue weighted by molar-refractivity contribution is -0.150. The lowest BCUT2D eigenvalue weighted by atomic mass is 10.0. The van der Waals surface area contributed by atoms with Crippen LogP contribution in [-0.2, 0) is 25.7 Å². The molecular weight excluding hydrogens is 1150 g/mol. The number of ether oxygens (including phenoxy) is 5. The first-order valence-electron chi connectivity index (χ1n) is 39.3. The second-order valence-corrected chi connectivity index (χ2v) is 27.9. The maximum atomic E-state index is 14.2. The molecule has 3 aromatic rings. The van der Waals surface area contributed by atoms with E-state index in [1.54, 1.807) is 0 Å². The van der Waals surface area contributed by atoms with Gasteiger partial charge in [0.05, 0.1) is 33.0 Å². The van der Waals surface area contributed by atoms with Crippen LogP contribution in [0.1, 0.15) is 366 Å². The highest BCUT2D eigenvalue weighted by Gasteiger charge is 2.38. The molecule has 1 N–H and O–H groups in total. The lowest BCUT2D eigenvalue weighted by Gasteiger charge is -2.30. The van der Waals surface area contributed by atoms with E-state index in [1.807, 2.05) is 74.5 Å². The Morgan fingerprint density at radius 2 is 0.720 bits per heavy atom. The van der Waals surface area contributed by atoms with Gasteiger partial charge in [-0.25, -0.2) is 9.59 Å². The number of esters is 1. The van der Waals surface area contributed by atoms with Crippen molar-refractivity contribution in [1.29, 1.82) is 0 Å². The van der Waals surface area contributed by atoms with Crippen molar-refractivity contribution in [3.63, 3.8) is 0 Å². The molecule has 0 saturated heterocycles. The van der Waals surface area contributed by atoms with Crippen molar-refractivity contribution in [2.45, 2.75) is 362 Å². The number of amides is 2. The molecule has 1 atom stereocenters. The number of carbonyl (C=O) groups excluding carboxylic acids is 3. The molecule has 0 bridgehead atoms. The molecule has 0 heterocycles. The van der Waals surface area contributed by atoms with Crippen molar-refractivity contribution in [2.75, 3.05) is 33.5 Å². The van der Waals surface area contributed by atoms with Crippen molar-refractivity contribution in [2.24, 2.45) is 5.92 Å². The Hall–Kier alpha value is -4.73. The predicted molar refractivity (Wildman–Crippen MR) is 391 cm³/mol. The van der Waals surface area contributed by atoms with Crippen molar-refractivity contribution >= 4 is 18.0 Å². The highest BCUT2D eigenvalue weighted by atomic mass is 16.6. The summed E-state index contributed by atoms with van der Waals surface area (Å²) in [4.78, 5) is 43.4. The smallest absolute Gasteiger partial charge is 0.410 e. The van der Waals surface area contributed by atoms with Gasteiger partial charge in [0.2, 0.25) is 11.7 Å². The van der Waals surface area contributed by atoms with Crippen LogP contribution in [0.25, 0.3) is 11.1 Å². The average Bonchev–Trinajstić information content (AvgIpc) is 1.60. The van der Waals surface area contributed by atoms with Gasteiger partial charge < -0.3 is 29.0 Å². The summed E-state index contributed by atoms with van der Waals surface area (Å²) in [5.74, 6) is 0.518. The Bertz CT molecular complexity index is 2230. The van der Waals surface area contributed by atoms with Gasteiger partial charge in [-0.1, -0.05) is 372 Å². The quantitative estimate of drug-likeness (QED) is 0.0439. The summed E-state index contributed by atoms with van der Waals surface area (Å²) >= 11 is 0. The molecule has 0 radical (unpaired) electrons. The van der Waals surface area contributed by atoms with E-state index in [-0.39, 0.29) is 19.1 Å². The second kappa shape index (κ2) is 54.4. The number of rotatable bonds is 62. The van der Waals surface area contributed by atoms with E-state index >= 15 is 0 Å². The number of hydrogen-bond donors (Lipinski definition) is 1. The van der Waals surface area contributed by atoms with Crippen LogP contribution in [0.4, 0.5) is 4.79 Å². The lowest BCUT2D eigenvalue weighted by Crippen LogP contribution is -2.50. The van der Waals surface area contributed by atoms with Crippen molar-refractivity contribution < 1.29 is 38.1 Å². The summed E-state index contributed by atoms with van der Waals surface area (Å²) < 4.78 is 31.6. The number of methoxy groups -OCH3 is 1. The number of carbonyl (C=O) groups is 3. The molecule has 0 fully saturated rings. The van der Waals surface area contributed by atoms with Gasteiger partial charge in [-0.2, -0.15) is 0 Å². The van der Waals surface area contributed by atoms with E-state index in [0.29, 0.717) is 37.1 Å². The summed E-state index contributed by atoms with van der Waals surface area (Å²) in [5, 5.41) is 2.95. The first-order valence-corrected chi connectivity index (χ1v) is 39.3. The minimum atomic E-state index is -0.973. The van der Waals surface area contributed by atoms with Crippen LogP contribution < -0.4 is 19.5 Å². The maximum Gasteiger partial charge on any atom is 0.410 e. The van der Waals surface area contributed by atoms with Crippen LogP contribution in [0.5, 0.6) is 17.2 Å². The summed E-state index contributed by atoms with van der Waals surface area (Å²) in [6.07, 6.45) is 62.3. The summed E-state index contributed by atoms with van der Waals surface area (Å²) in [5.41, 5.74) is 4.57. The molecule has 1 unspecified atom stereocenters. The molecule has 93 heavy (non-hydrogen) atoms. The third kappa shape index (κ3) is 35.7. The molecule has 1 aliphatic rings. The van der Waals surface area contributed by atoms with E-state index < -0.39 is 30.1 Å². The van der Waals surface area contributed by atoms with Gasteiger partial charge in [0.1, 0.15) is 19.2 Å². The van der Waals surface area contributed by atoms with Crippen molar-refractivity contribution in [1.82, 2.24) is 10.2 Å². The third-order valence-corrected chi connectivity index (χ3v) is 19.3. The molecule has 1 aliphatic carbocycles. The zero-order chi connectivity index (χ0) is 66.5. The van der Waals surface area contributed by atoms with E-state index in [9.17, 15) is 14.4 Å². The Kier molecular flexibility index (Phi) is 47.2. The highest BCUT2D eigenvalue weighted by Crippen LogP contribution is 2.46. The molecule has 0 saturated carbocycles. The molecule has 528 valence electrons. The molecule has 3 aromatic carbocycles. The monoisotopic (exact) mass is 1290 g/mol. The fraction of sp³-hybridized carbons (Fsp3) is 0.747. The van der Waals surface area contributed by atoms with Crippen LogP contribution >= 0.6 is 0 Å². The average molecular weight is 1290 g/mol. The molecule has 2 amide bonds. The van der Waals surface area contributed by atoms with Gasteiger partial charge in [-0.05, 0) is 65.1 Å². The largest absolute Gasteiger partial charge is 0.490 e. The topological polar surface area (TPSA) is 113 Å². The zero-order valence-corrected chi connectivity index (χ0v) is 60.7. The molecule has 10 heteroatoms. The van der Waals surface area contributed by atoms with Gasteiger partial charge in [0, 0.05) is 0 Å². The highest BCUT2D eigenvalue weighted by molar-refractivity contribution is 5.89. The molecule has 0 spiro atoms. The van der Waals surface area contributed by atoms with Crippen molar-refractivity contribution in [3.8, 4) is 28.4 Å². The molecular formula is C83H138N2O8. The number of nitrogens with one attached hydrogen (secondary N) is 1. The Labute approximate surface area is 570 Å². The van der Waals surface area contributed by atoms with Crippen LogP contribution in [0, 0.1) is 5.92 Å². The van der Waals surface area contributed by atoms with Crippen LogP contribution in [0.15, 0.2) is 60.7 Å². The molecule has 0 aliphatic heterocycles. The predicted octanol–water partition coefficient (Wildman–Crippen LogP) is 24.6. The fourth-order valence-electron chi connectivity index (χ4n) is 13.5. The minimum Gasteiger partial charge on any atom is -0.490 e. The number of unbranched alkanes of at least 4 members (excludes halogenated alkanes) is 45. The van der Waals surface area contributed by atoms with Gasteiger partial charge in [0.25, 0.3) is 0 Å². The van der Waals surface area contributed by atoms with Gasteiger partial charge in [-0.3, -0.25) is 9.69 Å². The number of nitrogens with zero attached hydrogens (tertiary/aromatic N) is 1. The first kappa shape index (κ1) is 80.7. The van der Waals surface area contributed by atoms with E-state index in [1.165, 1.54) is 282 Å². The third-order valence-electron chi connectivity index (χ3n) is 19.3. The van der Waals surface area contributed by atoms with Crippen LogP contribution in [0.2, 0.25) is 0 Å². The fourth-order valence-corrected chi connectivity index (χ4v) is 13.5. The molecule has 4 rings (SSSR count). The summed E-state index contributed by atoms with van der Waals surface area (Å²) in [6.45, 7) is 11.9. The number of benzene rings is 3. The van der Waals surface area contributed by atoms with Gasteiger partial charge >= 0.3 is 12.1 Å². The second-order valence-electron chi connectivity index (χ2n) is 27.9. The number of fused-ring (bicyclic) bond motifs is 3. The maximum absolute atomic E-state index is 14.2. The normalized spacial score (nSPS) is 12.2. The van der Waals surface area contributed by atoms with Gasteiger partial charge in [-0.15, -0.1) is 0 Å². The van der Waals surface area contributed by atoms with E-state index in [2.05, 4.69) is 26.1 Å². The molecule has 10 nitrogen and oxygen atoms in total. The summed E-state index contributed by atoms with van der Waals surface area (Å²) in [6, 6.07) is 18.3. The van der Waals surface area contributed by atoms with E-state index in [4.69, 9.17) is 23.7 Å². The van der Waals surface area contributed by atoms with Crippen molar-refractivity contribution in [3.05, 3.63) is 77.4 Å². The van der Waals surface area contributed by atoms with Crippen LogP contribution in [-0.4, -0.2) is 62.4 Å². The molecule has 0 aromatic heterocycles. The van der Waals surface area contributed by atoms with Gasteiger partial charge in [0.15, 0.2) is 11.5 Å². The van der Waals surface area contributed by atoms with Crippen LogP contribution in [0.3, 0.4) is 0 Å². The minimum absolute atomic E-state index is 0.0495. The first-order chi connectivity index (χ1) is 45.7. The SMILES string of the molecule is CCCCCCCCCCCCCCCCCCOc1cc(COC(=O)C(NC(=O)CN(C(=O)OC)C2c3ccccc3-c3ccccc32)C(C)C)cc(OCCCCCCCCCCCCCCCCCC)c1OCCCCCCCCCCCCCCCCCC. The summed E-state index contributed by atoms with van der Waals surface area (Å²) in [7, 11) is 1.32.